The molecule has 0 aromatic heterocycles. The first kappa shape index (κ1) is 14.6. The van der Waals surface area contributed by atoms with Crippen LogP contribution in [0.15, 0.2) is 4.99 Å². The standard InChI is InChI=1S/C13H26N4O2/c1-18-13(7-8-19-10-13)9-15-12(17-14)16-11-5-3-2-4-6-11/h11H,2-10,14H2,1H3,(H2,15,16,17). The average molecular weight is 270 g/mol. The molecule has 110 valence electrons. The summed E-state index contributed by atoms with van der Waals surface area (Å²) in [5, 5.41) is 3.39. The summed E-state index contributed by atoms with van der Waals surface area (Å²) in [4.78, 5) is 4.53. The zero-order chi connectivity index (χ0) is 13.6. The number of aliphatic imine (C=N–C) groups is 1. The molecule has 2 fully saturated rings. The number of nitrogens with one attached hydrogen (secondary N) is 2. The molecule has 6 heteroatoms. The Hall–Kier alpha value is -0.850. The summed E-state index contributed by atoms with van der Waals surface area (Å²) in [6.45, 7) is 1.92. The highest BCUT2D eigenvalue weighted by atomic mass is 16.5. The van der Waals surface area contributed by atoms with E-state index in [4.69, 9.17) is 15.3 Å². The smallest absolute Gasteiger partial charge is 0.206 e. The van der Waals surface area contributed by atoms with Crippen molar-refractivity contribution < 1.29 is 9.47 Å². The van der Waals surface area contributed by atoms with Gasteiger partial charge in [0.1, 0.15) is 5.60 Å². The monoisotopic (exact) mass is 270 g/mol. The largest absolute Gasteiger partial charge is 0.378 e. The third kappa shape index (κ3) is 4.06. The minimum Gasteiger partial charge on any atom is -0.378 e. The van der Waals surface area contributed by atoms with Crippen molar-refractivity contribution in [3.63, 3.8) is 0 Å². The summed E-state index contributed by atoms with van der Waals surface area (Å²) >= 11 is 0. The van der Waals surface area contributed by atoms with E-state index >= 15 is 0 Å². The molecule has 0 amide bonds. The number of methoxy groups -OCH3 is 1. The fourth-order valence-corrected chi connectivity index (χ4v) is 2.74. The van der Waals surface area contributed by atoms with Crippen LogP contribution in [0, 0.1) is 0 Å². The fourth-order valence-electron chi connectivity index (χ4n) is 2.74. The molecule has 1 aliphatic heterocycles. The van der Waals surface area contributed by atoms with Gasteiger partial charge in [0.25, 0.3) is 0 Å². The van der Waals surface area contributed by atoms with Crippen LogP contribution < -0.4 is 16.6 Å². The van der Waals surface area contributed by atoms with E-state index in [1.807, 2.05) is 0 Å². The second-order valence-corrected chi connectivity index (χ2v) is 5.48. The minimum atomic E-state index is -0.281. The van der Waals surface area contributed by atoms with Crippen LogP contribution in [0.2, 0.25) is 0 Å². The molecule has 4 N–H and O–H groups in total. The van der Waals surface area contributed by atoms with Gasteiger partial charge in [-0.05, 0) is 12.8 Å². The molecular formula is C13H26N4O2. The molecule has 6 nitrogen and oxygen atoms in total. The van der Waals surface area contributed by atoms with Gasteiger partial charge in [0.05, 0.1) is 13.2 Å². The number of hydrogen-bond donors (Lipinski definition) is 3. The molecule has 0 aromatic rings. The quantitative estimate of drug-likeness (QED) is 0.300. The zero-order valence-electron chi connectivity index (χ0n) is 11.8. The molecule has 1 saturated carbocycles. The Balaban J connectivity index is 1.86. The first-order valence-electron chi connectivity index (χ1n) is 7.18. The number of hydrogen-bond acceptors (Lipinski definition) is 4. The van der Waals surface area contributed by atoms with Gasteiger partial charge >= 0.3 is 0 Å². The molecule has 1 heterocycles. The molecule has 19 heavy (non-hydrogen) atoms. The molecule has 0 radical (unpaired) electrons. The van der Waals surface area contributed by atoms with Gasteiger partial charge in [-0.25, -0.2) is 10.8 Å². The molecule has 1 atom stereocenters. The van der Waals surface area contributed by atoms with Crippen LogP contribution in [0.4, 0.5) is 0 Å². The van der Waals surface area contributed by atoms with Gasteiger partial charge in [-0.1, -0.05) is 19.3 Å². The van der Waals surface area contributed by atoms with Gasteiger partial charge in [-0.3, -0.25) is 5.43 Å². The lowest BCUT2D eigenvalue weighted by Gasteiger charge is -2.26. The Bertz CT molecular complexity index is 297. The topological polar surface area (TPSA) is 80.9 Å². The maximum absolute atomic E-state index is 5.56. The molecule has 1 aliphatic carbocycles. The number of rotatable bonds is 4. The van der Waals surface area contributed by atoms with Crippen molar-refractivity contribution in [3.8, 4) is 0 Å². The third-order valence-electron chi connectivity index (χ3n) is 4.11. The maximum Gasteiger partial charge on any atom is 0.206 e. The summed E-state index contributed by atoms with van der Waals surface area (Å²) < 4.78 is 11.0. The Morgan fingerprint density at radius 3 is 2.79 bits per heavy atom. The maximum atomic E-state index is 5.56. The Kier molecular flexibility index (Phi) is 5.42. The van der Waals surface area contributed by atoms with E-state index in [0.717, 1.165) is 13.0 Å². The van der Waals surface area contributed by atoms with Crippen molar-refractivity contribution in [2.24, 2.45) is 10.8 Å². The van der Waals surface area contributed by atoms with Gasteiger partial charge < -0.3 is 14.8 Å². The van der Waals surface area contributed by atoms with Gasteiger partial charge in [-0.2, -0.15) is 0 Å². The predicted octanol–water partition coefficient (Wildman–Crippen LogP) is 0.533. The Morgan fingerprint density at radius 1 is 1.42 bits per heavy atom. The first-order chi connectivity index (χ1) is 9.28. The van der Waals surface area contributed by atoms with Crippen LogP contribution in [0.25, 0.3) is 0 Å². The van der Waals surface area contributed by atoms with Crippen LogP contribution in [0.3, 0.4) is 0 Å². The Morgan fingerprint density at radius 2 is 2.21 bits per heavy atom. The average Bonchev–Trinajstić information content (AvgIpc) is 2.94. The normalized spacial score (nSPS) is 29.5. The van der Waals surface area contributed by atoms with E-state index in [1.165, 1.54) is 32.1 Å². The van der Waals surface area contributed by atoms with E-state index in [1.54, 1.807) is 7.11 Å². The fraction of sp³-hybridized carbons (Fsp3) is 0.923. The molecule has 1 saturated heterocycles. The SMILES string of the molecule is COC1(CN=C(NN)NC2CCCCC2)CCOC1. The van der Waals surface area contributed by atoms with E-state index < -0.39 is 0 Å². The molecule has 0 spiro atoms. The molecule has 0 aromatic carbocycles. The third-order valence-corrected chi connectivity index (χ3v) is 4.11. The van der Waals surface area contributed by atoms with E-state index in [-0.39, 0.29) is 5.60 Å². The first-order valence-corrected chi connectivity index (χ1v) is 7.18. The van der Waals surface area contributed by atoms with Crippen molar-refractivity contribution in [1.82, 2.24) is 10.7 Å². The highest BCUT2D eigenvalue weighted by Crippen LogP contribution is 2.22. The number of hydrazine groups is 1. The van der Waals surface area contributed by atoms with Crippen LogP contribution in [-0.4, -0.2) is 44.5 Å². The highest BCUT2D eigenvalue weighted by Gasteiger charge is 2.34. The van der Waals surface area contributed by atoms with Gasteiger partial charge in [0.15, 0.2) is 0 Å². The molecule has 2 rings (SSSR count). The summed E-state index contributed by atoms with van der Waals surface area (Å²) in [6, 6.07) is 0.488. The number of ether oxygens (including phenoxy) is 2. The summed E-state index contributed by atoms with van der Waals surface area (Å²) in [5.74, 6) is 6.21. The lowest BCUT2D eigenvalue weighted by atomic mass is 9.96. The van der Waals surface area contributed by atoms with Crippen LogP contribution in [0.5, 0.6) is 0 Å². The van der Waals surface area contributed by atoms with Crippen molar-refractivity contribution >= 4 is 5.96 Å². The van der Waals surface area contributed by atoms with E-state index in [9.17, 15) is 0 Å². The van der Waals surface area contributed by atoms with Crippen LogP contribution >= 0.6 is 0 Å². The molecular weight excluding hydrogens is 244 g/mol. The highest BCUT2D eigenvalue weighted by molar-refractivity contribution is 5.79. The summed E-state index contributed by atoms with van der Waals surface area (Å²) in [5.41, 5.74) is 2.38. The number of nitrogens with zero attached hydrogens (tertiary/aromatic N) is 1. The molecule has 1 unspecified atom stereocenters. The van der Waals surface area contributed by atoms with E-state index in [0.29, 0.717) is 25.2 Å². The van der Waals surface area contributed by atoms with Crippen molar-refractivity contribution in [1.29, 1.82) is 0 Å². The molecule has 0 bridgehead atoms. The summed E-state index contributed by atoms with van der Waals surface area (Å²) in [6.07, 6.45) is 7.17. The van der Waals surface area contributed by atoms with Crippen LogP contribution in [-0.2, 0) is 9.47 Å². The number of nitrogens with two attached hydrogens (primary N) is 1. The second kappa shape index (κ2) is 7.07. The summed E-state index contributed by atoms with van der Waals surface area (Å²) in [7, 11) is 1.72. The minimum absolute atomic E-state index is 0.281. The van der Waals surface area contributed by atoms with Crippen molar-refractivity contribution in [2.75, 3.05) is 26.9 Å². The Labute approximate surface area is 115 Å². The lowest BCUT2D eigenvalue weighted by Crippen LogP contribution is -2.48. The van der Waals surface area contributed by atoms with Crippen molar-refractivity contribution in [3.05, 3.63) is 0 Å². The van der Waals surface area contributed by atoms with Crippen molar-refractivity contribution in [2.45, 2.75) is 50.2 Å². The zero-order valence-corrected chi connectivity index (χ0v) is 11.8. The molecule has 2 aliphatic rings. The van der Waals surface area contributed by atoms with Crippen LogP contribution in [0.1, 0.15) is 38.5 Å². The van der Waals surface area contributed by atoms with Gasteiger partial charge in [-0.15, -0.1) is 0 Å². The number of guanidine groups is 1. The van der Waals surface area contributed by atoms with Gasteiger partial charge in [0, 0.05) is 26.2 Å². The second-order valence-electron chi connectivity index (χ2n) is 5.48. The van der Waals surface area contributed by atoms with E-state index in [2.05, 4.69) is 15.7 Å². The lowest BCUT2D eigenvalue weighted by molar-refractivity contribution is -0.00910. The van der Waals surface area contributed by atoms with Gasteiger partial charge in [0.2, 0.25) is 5.96 Å². The predicted molar refractivity (Wildman–Crippen MR) is 74.8 cm³/mol.